The minimum atomic E-state index is -3.34. The Morgan fingerprint density at radius 2 is 2.17 bits per heavy atom. The third kappa shape index (κ3) is 3.43. The molecule has 3 rings (SSSR count). The van der Waals surface area contributed by atoms with Crippen molar-refractivity contribution in [2.45, 2.75) is 25.8 Å². The van der Waals surface area contributed by atoms with Crippen LogP contribution >= 0.6 is 0 Å². The maximum Gasteiger partial charge on any atom is 0.232 e. The first-order valence-electron chi connectivity index (χ1n) is 7.63. The molecule has 2 heterocycles. The molecule has 7 nitrogen and oxygen atoms in total. The Hall–Kier alpha value is -2.35. The summed E-state index contributed by atoms with van der Waals surface area (Å²) in [6.45, 7) is 2.11. The van der Waals surface area contributed by atoms with Gasteiger partial charge in [0.1, 0.15) is 5.76 Å². The second-order valence-corrected chi connectivity index (χ2v) is 7.82. The van der Waals surface area contributed by atoms with Crippen LogP contribution in [0.2, 0.25) is 0 Å². The van der Waals surface area contributed by atoms with Crippen LogP contribution in [0.5, 0.6) is 0 Å². The molecule has 1 aliphatic rings. The molecular formula is C16H19N3O4S. The molecule has 1 unspecified atom stereocenters. The predicted molar refractivity (Wildman–Crippen MR) is 89.1 cm³/mol. The molecule has 0 fully saturated rings. The number of sulfonamides is 1. The lowest BCUT2D eigenvalue weighted by molar-refractivity contribution is -0.121. The second kappa shape index (κ2) is 6.27. The van der Waals surface area contributed by atoms with Gasteiger partial charge in [-0.2, -0.15) is 0 Å². The summed E-state index contributed by atoms with van der Waals surface area (Å²) in [5, 5.41) is 6.78. The Kier molecular flexibility index (Phi) is 4.31. The average molecular weight is 349 g/mol. The number of nitrogens with zero attached hydrogens (tertiary/aromatic N) is 2. The number of amides is 1. The van der Waals surface area contributed by atoms with E-state index in [1.54, 1.807) is 25.1 Å². The number of fused-ring (bicyclic) bond motifs is 1. The van der Waals surface area contributed by atoms with Gasteiger partial charge in [-0.1, -0.05) is 23.4 Å². The number of benzene rings is 1. The van der Waals surface area contributed by atoms with Gasteiger partial charge in [0, 0.05) is 12.6 Å². The van der Waals surface area contributed by atoms with Crippen molar-refractivity contribution in [1.82, 2.24) is 10.5 Å². The Bertz CT molecular complexity index is 860. The fourth-order valence-electron chi connectivity index (χ4n) is 2.94. The van der Waals surface area contributed by atoms with Crippen molar-refractivity contribution in [2.75, 3.05) is 17.1 Å². The highest BCUT2D eigenvalue weighted by Gasteiger charge is 2.30. The van der Waals surface area contributed by atoms with E-state index in [0.717, 1.165) is 5.56 Å². The highest BCUT2D eigenvalue weighted by molar-refractivity contribution is 7.92. The van der Waals surface area contributed by atoms with Gasteiger partial charge in [-0.3, -0.25) is 9.10 Å². The van der Waals surface area contributed by atoms with Crippen molar-refractivity contribution in [2.24, 2.45) is 0 Å². The van der Waals surface area contributed by atoms with Crippen molar-refractivity contribution in [1.29, 1.82) is 0 Å². The molecule has 1 aliphatic heterocycles. The molecule has 0 aliphatic carbocycles. The minimum absolute atomic E-state index is 0.131. The predicted octanol–water partition coefficient (Wildman–Crippen LogP) is 1.55. The van der Waals surface area contributed by atoms with Gasteiger partial charge in [-0.25, -0.2) is 8.42 Å². The molecule has 1 aromatic carbocycles. The van der Waals surface area contributed by atoms with Gasteiger partial charge >= 0.3 is 0 Å². The summed E-state index contributed by atoms with van der Waals surface area (Å²) in [6, 6.07) is 8.73. The van der Waals surface area contributed by atoms with Gasteiger partial charge in [0.05, 0.1) is 30.1 Å². The quantitative estimate of drug-likeness (QED) is 0.904. The van der Waals surface area contributed by atoms with Gasteiger partial charge in [0.25, 0.3) is 0 Å². The number of aromatic nitrogens is 1. The highest BCUT2D eigenvalue weighted by atomic mass is 32.2. The molecule has 0 spiro atoms. The molecule has 0 saturated carbocycles. The molecule has 1 atom stereocenters. The summed E-state index contributed by atoms with van der Waals surface area (Å²) in [7, 11) is -3.34. The second-order valence-electron chi connectivity index (χ2n) is 5.91. The number of nitrogens with one attached hydrogen (secondary N) is 1. The average Bonchev–Trinajstić information content (AvgIpc) is 2.91. The van der Waals surface area contributed by atoms with Gasteiger partial charge in [-0.05, 0) is 25.0 Å². The van der Waals surface area contributed by atoms with Crippen LogP contribution in [0.15, 0.2) is 34.9 Å². The van der Waals surface area contributed by atoms with Gasteiger partial charge in [0.15, 0.2) is 0 Å². The van der Waals surface area contributed by atoms with Crippen LogP contribution in [-0.2, 0) is 21.2 Å². The molecule has 1 amide bonds. The Labute approximate surface area is 140 Å². The lowest BCUT2D eigenvalue weighted by Crippen LogP contribution is -2.40. The number of carbonyl (C=O) groups is 1. The first-order chi connectivity index (χ1) is 11.3. The van der Waals surface area contributed by atoms with E-state index in [2.05, 4.69) is 10.5 Å². The lowest BCUT2D eigenvalue weighted by Gasteiger charge is -2.34. The SMILES string of the molecule is Cc1cc(CC(=O)NC2CCN(S(C)(=O)=O)c3ccccc32)no1. The molecule has 1 N–H and O–H groups in total. The Morgan fingerprint density at radius 3 is 2.83 bits per heavy atom. The number of hydrogen-bond acceptors (Lipinski definition) is 5. The summed E-state index contributed by atoms with van der Waals surface area (Å²) in [5.74, 6) is 0.487. The topological polar surface area (TPSA) is 92.5 Å². The Balaban J connectivity index is 1.78. The zero-order valence-electron chi connectivity index (χ0n) is 13.5. The van der Waals surface area contributed by atoms with Crippen LogP contribution in [-0.4, -0.2) is 32.3 Å². The molecule has 1 aromatic heterocycles. The summed E-state index contributed by atoms with van der Waals surface area (Å²) in [5.41, 5.74) is 2.00. The summed E-state index contributed by atoms with van der Waals surface area (Å²) < 4.78 is 30.2. The standard InChI is InChI=1S/C16H19N3O4S/c1-11-9-12(18-23-11)10-16(20)17-14-7-8-19(24(2,21)22)15-6-4-3-5-13(14)15/h3-6,9,14H,7-8,10H2,1-2H3,(H,17,20). The van der Waals surface area contributed by atoms with Crippen molar-refractivity contribution in [3.63, 3.8) is 0 Å². The number of carbonyl (C=O) groups excluding carboxylic acids is 1. The normalized spacial score (nSPS) is 17.4. The van der Waals surface area contributed by atoms with Gasteiger partial charge in [0.2, 0.25) is 15.9 Å². The van der Waals surface area contributed by atoms with Crippen LogP contribution in [0.25, 0.3) is 0 Å². The molecular weight excluding hydrogens is 330 g/mol. The molecule has 24 heavy (non-hydrogen) atoms. The van der Waals surface area contributed by atoms with E-state index >= 15 is 0 Å². The number of para-hydroxylation sites is 1. The van der Waals surface area contributed by atoms with Crippen LogP contribution in [0, 0.1) is 6.92 Å². The maximum absolute atomic E-state index is 12.3. The molecule has 0 bridgehead atoms. The fraction of sp³-hybridized carbons (Fsp3) is 0.375. The molecule has 0 radical (unpaired) electrons. The monoisotopic (exact) mass is 349 g/mol. The number of hydrogen-bond donors (Lipinski definition) is 1. The number of aryl methyl sites for hydroxylation is 1. The van der Waals surface area contributed by atoms with Crippen LogP contribution in [0.1, 0.15) is 29.5 Å². The minimum Gasteiger partial charge on any atom is -0.361 e. The van der Waals surface area contributed by atoms with Crippen LogP contribution in [0.4, 0.5) is 5.69 Å². The van der Waals surface area contributed by atoms with E-state index in [-0.39, 0.29) is 18.4 Å². The third-order valence-electron chi connectivity index (χ3n) is 3.96. The highest BCUT2D eigenvalue weighted by Crippen LogP contribution is 2.34. The summed E-state index contributed by atoms with van der Waals surface area (Å²) >= 11 is 0. The number of anilines is 1. The van der Waals surface area contributed by atoms with Crippen LogP contribution in [0.3, 0.4) is 0 Å². The van der Waals surface area contributed by atoms with Crippen molar-refractivity contribution >= 4 is 21.6 Å². The van der Waals surface area contributed by atoms with E-state index in [9.17, 15) is 13.2 Å². The van der Waals surface area contributed by atoms with E-state index in [1.165, 1.54) is 10.6 Å². The first-order valence-corrected chi connectivity index (χ1v) is 9.47. The van der Waals surface area contributed by atoms with E-state index in [1.807, 2.05) is 12.1 Å². The fourth-order valence-corrected chi connectivity index (χ4v) is 3.90. The van der Waals surface area contributed by atoms with E-state index in [0.29, 0.717) is 30.1 Å². The summed E-state index contributed by atoms with van der Waals surface area (Å²) in [6.07, 6.45) is 1.84. The largest absolute Gasteiger partial charge is 0.361 e. The van der Waals surface area contributed by atoms with Crippen LogP contribution < -0.4 is 9.62 Å². The zero-order chi connectivity index (χ0) is 17.3. The van der Waals surface area contributed by atoms with E-state index < -0.39 is 10.0 Å². The van der Waals surface area contributed by atoms with Gasteiger partial charge < -0.3 is 9.84 Å². The Morgan fingerprint density at radius 1 is 1.42 bits per heavy atom. The summed E-state index contributed by atoms with van der Waals surface area (Å²) in [4.78, 5) is 12.3. The molecule has 128 valence electrons. The lowest BCUT2D eigenvalue weighted by atomic mass is 9.97. The third-order valence-corrected chi connectivity index (χ3v) is 5.14. The molecule has 8 heteroatoms. The van der Waals surface area contributed by atoms with Gasteiger partial charge in [-0.15, -0.1) is 0 Å². The number of rotatable bonds is 4. The zero-order valence-corrected chi connectivity index (χ0v) is 14.3. The molecule has 0 saturated heterocycles. The van der Waals surface area contributed by atoms with Crippen molar-refractivity contribution in [3.8, 4) is 0 Å². The van der Waals surface area contributed by atoms with E-state index in [4.69, 9.17) is 4.52 Å². The van der Waals surface area contributed by atoms with Crippen molar-refractivity contribution < 1.29 is 17.7 Å². The molecule has 2 aromatic rings. The van der Waals surface area contributed by atoms with Crippen molar-refractivity contribution in [3.05, 3.63) is 47.3 Å². The maximum atomic E-state index is 12.3. The smallest absolute Gasteiger partial charge is 0.232 e. The first kappa shape index (κ1) is 16.5.